The van der Waals surface area contributed by atoms with Crippen molar-refractivity contribution in [3.63, 3.8) is 0 Å². The Morgan fingerprint density at radius 2 is 1.67 bits per heavy atom. The molecule has 1 fully saturated rings. The van der Waals surface area contributed by atoms with Crippen molar-refractivity contribution in [3.05, 3.63) is 58.9 Å². The molecule has 1 saturated heterocycles. The molecule has 134 valence electrons. The molecule has 0 radical (unpaired) electrons. The van der Waals surface area contributed by atoms with E-state index in [1.165, 1.54) is 23.1 Å². The maximum absolute atomic E-state index is 14.1. The minimum Gasteiger partial charge on any atom is -0.303 e. The minimum absolute atomic E-state index is 0.156. The van der Waals surface area contributed by atoms with Crippen molar-refractivity contribution < 1.29 is 9.18 Å². The van der Waals surface area contributed by atoms with Gasteiger partial charge >= 0.3 is 0 Å². The van der Waals surface area contributed by atoms with Crippen molar-refractivity contribution in [3.8, 4) is 12.1 Å². The van der Waals surface area contributed by atoms with Crippen LogP contribution in [0.5, 0.6) is 0 Å². The molecule has 1 aliphatic heterocycles. The van der Waals surface area contributed by atoms with Crippen LogP contribution in [0.4, 0.5) is 15.8 Å². The number of carbonyl (C=O) groups excluding carboxylic acids is 1. The Labute approximate surface area is 161 Å². The first-order chi connectivity index (χ1) is 12.7. The normalized spacial score (nSPS) is 15.6. The zero-order chi connectivity index (χ0) is 19.9. The van der Waals surface area contributed by atoms with E-state index >= 15 is 0 Å². The predicted octanol–water partition coefficient (Wildman–Crippen LogP) is 3.79. The number of anilines is 2. The predicted molar refractivity (Wildman–Crippen MR) is 104 cm³/mol. The molecule has 7 heteroatoms. The smallest absolute Gasteiger partial charge is 0.259 e. The first-order valence-corrected chi connectivity index (χ1v) is 8.52. The zero-order valence-electron chi connectivity index (χ0n) is 14.9. The van der Waals surface area contributed by atoms with Crippen molar-refractivity contribution in [1.29, 1.82) is 10.5 Å². The van der Waals surface area contributed by atoms with Crippen molar-refractivity contribution >= 4 is 34.6 Å². The number of hydrogen-bond acceptors (Lipinski definition) is 4. The van der Waals surface area contributed by atoms with Gasteiger partial charge in [-0.25, -0.2) is 4.39 Å². The fourth-order valence-electron chi connectivity index (χ4n) is 3.04. The second-order valence-corrected chi connectivity index (χ2v) is 7.07. The van der Waals surface area contributed by atoms with Crippen LogP contribution in [-0.2, 0) is 4.79 Å². The van der Waals surface area contributed by atoms with Gasteiger partial charge in [0, 0.05) is 5.69 Å². The van der Waals surface area contributed by atoms with Crippen molar-refractivity contribution in [2.45, 2.75) is 26.3 Å². The van der Waals surface area contributed by atoms with Crippen LogP contribution in [-0.4, -0.2) is 16.6 Å². The van der Waals surface area contributed by atoms with Crippen LogP contribution in [0.25, 0.3) is 0 Å². The number of thiocarbonyl (C=S) groups is 1. The summed E-state index contributed by atoms with van der Waals surface area (Å²) < 4.78 is 14.1. The van der Waals surface area contributed by atoms with Crippen LogP contribution in [0.3, 0.4) is 0 Å². The summed E-state index contributed by atoms with van der Waals surface area (Å²) in [6.45, 7) is 5.06. The molecule has 0 saturated carbocycles. The molecule has 3 rings (SSSR count). The third-order valence-electron chi connectivity index (χ3n) is 4.58. The Hall–Kier alpha value is -3.29. The van der Waals surface area contributed by atoms with Gasteiger partial charge in [-0.15, -0.1) is 0 Å². The highest BCUT2D eigenvalue weighted by Crippen LogP contribution is 2.37. The van der Waals surface area contributed by atoms with Crippen LogP contribution in [0.15, 0.2) is 36.4 Å². The number of benzene rings is 2. The van der Waals surface area contributed by atoms with Gasteiger partial charge in [-0.2, -0.15) is 10.5 Å². The molecular weight excluding hydrogens is 363 g/mol. The molecule has 2 aromatic carbocycles. The lowest BCUT2D eigenvalue weighted by Gasteiger charge is -2.29. The summed E-state index contributed by atoms with van der Waals surface area (Å²) in [5, 5.41) is 18.5. The number of nitriles is 2. The highest BCUT2D eigenvalue weighted by atomic mass is 32.1. The van der Waals surface area contributed by atoms with Crippen LogP contribution in [0.2, 0.25) is 0 Å². The third kappa shape index (κ3) is 2.83. The minimum atomic E-state index is -1.04. The highest BCUT2D eigenvalue weighted by Gasteiger charge is 2.50. The molecule has 2 aromatic rings. The van der Waals surface area contributed by atoms with Gasteiger partial charge in [0.05, 0.1) is 16.8 Å². The molecule has 0 N–H and O–H groups in total. The van der Waals surface area contributed by atoms with Gasteiger partial charge < -0.3 is 4.90 Å². The molecule has 0 unspecified atom stereocenters. The van der Waals surface area contributed by atoms with E-state index in [0.29, 0.717) is 16.9 Å². The topological polar surface area (TPSA) is 71.1 Å². The molecule has 0 aliphatic carbocycles. The van der Waals surface area contributed by atoms with E-state index in [0.717, 1.165) is 0 Å². The van der Waals surface area contributed by atoms with Gasteiger partial charge in [-0.05, 0) is 68.9 Å². The van der Waals surface area contributed by atoms with Crippen molar-refractivity contribution in [2.24, 2.45) is 0 Å². The quantitative estimate of drug-likeness (QED) is 0.744. The molecule has 27 heavy (non-hydrogen) atoms. The van der Waals surface area contributed by atoms with Gasteiger partial charge in [-0.3, -0.25) is 9.69 Å². The highest BCUT2D eigenvalue weighted by molar-refractivity contribution is 7.81. The van der Waals surface area contributed by atoms with E-state index in [9.17, 15) is 14.4 Å². The lowest BCUT2D eigenvalue weighted by atomic mass is 10.0. The average molecular weight is 378 g/mol. The number of aryl methyl sites for hydroxylation is 1. The van der Waals surface area contributed by atoms with Gasteiger partial charge in [0.15, 0.2) is 5.11 Å². The number of amides is 1. The molecule has 0 bridgehead atoms. The fraction of sp³-hybridized carbons (Fsp3) is 0.200. The molecule has 0 spiro atoms. The second kappa shape index (κ2) is 6.46. The molecule has 1 amide bonds. The maximum Gasteiger partial charge on any atom is 0.259 e. The van der Waals surface area contributed by atoms with E-state index < -0.39 is 5.54 Å². The fourth-order valence-corrected chi connectivity index (χ4v) is 3.56. The first-order valence-electron chi connectivity index (χ1n) is 8.11. The summed E-state index contributed by atoms with van der Waals surface area (Å²) in [5.74, 6) is -0.691. The standard InChI is InChI=1S/C20H15FN4OS/c1-12-4-6-16(9-17(12)21)25-19(27)24(18(26)20(25,2)3)15-7-5-13(10-22)14(8-15)11-23/h4-9H,1-3H3. The molecule has 0 aromatic heterocycles. The van der Waals surface area contributed by atoms with Crippen LogP contribution in [0, 0.1) is 35.4 Å². The Morgan fingerprint density at radius 3 is 2.26 bits per heavy atom. The monoisotopic (exact) mass is 378 g/mol. The summed E-state index contributed by atoms with van der Waals surface area (Å²) in [5.41, 5.74) is 0.690. The van der Waals surface area contributed by atoms with E-state index in [4.69, 9.17) is 17.5 Å². The Kier molecular flexibility index (Phi) is 4.43. The number of carbonyl (C=O) groups is 1. The van der Waals surface area contributed by atoms with E-state index in [-0.39, 0.29) is 28.0 Å². The van der Waals surface area contributed by atoms with Gasteiger partial charge in [0.1, 0.15) is 23.5 Å². The Morgan fingerprint density at radius 1 is 1.04 bits per heavy atom. The van der Waals surface area contributed by atoms with Crippen molar-refractivity contribution in [1.82, 2.24) is 0 Å². The molecular formula is C20H15FN4OS. The van der Waals surface area contributed by atoms with Gasteiger partial charge in [0.2, 0.25) is 0 Å². The van der Waals surface area contributed by atoms with Crippen LogP contribution < -0.4 is 9.80 Å². The maximum atomic E-state index is 14.1. The SMILES string of the molecule is Cc1ccc(N2C(=S)N(c3ccc(C#N)c(C#N)c3)C(=O)C2(C)C)cc1F. The van der Waals surface area contributed by atoms with Crippen LogP contribution >= 0.6 is 12.2 Å². The summed E-state index contributed by atoms with van der Waals surface area (Å²) in [7, 11) is 0. The summed E-state index contributed by atoms with van der Waals surface area (Å²) >= 11 is 5.53. The Bertz CT molecular complexity index is 1060. The Balaban J connectivity index is 2.11. The summed E-state index contributed by atoms with van der Waals surface area (Å²) in [4.78, 5) is 16.0. The van der Waals surface area contributed by atoms with E-state index in [1.54, 1.807) is 43.9 Å². The summed E-state index contributed by atoms with van der Waals surface area (Å²) in [6.07, 6.45) is 0. The lowest BCUT2D eigenvalue weighted by Crippen LogP contribution is -2.44. The van der Waals surface area contributed by atoms with Crippen molar-refractivity contribution in [2.75, 3.05) is 9.80 Å². The van der Waals surface area contributed by atoms with E-state index in [2.05, 4.69) is 0 Å². The second-order valence-electron chi connectivity index (χ2n) is 6.70. The number of hydrogen-bond donors (Lipinski definition) is 0. The zero-order valence-corrected chi connectivity index (χ0v) is 15.8. The largest absolute Gasteiger partial charge is 0.303 e. The number of nitrogens with zero attached hydrogens (tertiary/aromatic N) is 4. The van der Waals surface area contributed by atoms with Crippen LogP contribution in [0.1, 0.15) is 30.5 Å². The van der Waals surface area contributed by atoms with Gasteiger partial charge in [0.25, 0.3) is 5.91 Å². The first kappa shape index (κ1) is 18.5. The van der Waals surface area contributed by atoms with Gasteiger partial charge in [-0.1, -0.05) is 6.07 Å². The molecule has 1 aliphatic rings. The third-order valence-corrected chi connectivity index (χ3v) is 4.95. The van der Waals surface area contributed by atoms with E-state index in [1.807, 2.05) is 12.1 Å². The number of halogens is 1. The molecule has 5 nitrogen and oxygen atoms in total. The molecule has 0 atom stereocenters. The average Bonchev–Trinajstić information content (AvgIpc) is 2.81. The number of rotatable bonds is 2. The summed E-state index contributed by atoms with van der Waals surface area (Å²) in [6, 6.07) is 13.1. The lowest BCUT2D eigenvalue weighted by molar-refractivity contribution is -0.120. The molecule has 1 heterocycles.